The Morgan fingerprint density at radius 2 is 1.83 bits per heavy atom. The molecule has 0 saturated heterocycles. The quantitative estimate of drug-likeness (QED) is 0.382. The van der Waals surface area contributed by atoms with Gasteiger partial charge in [-0.2, -0.15) is 0 Å². The van der Waals surface area contributed by atoms with Gasteiger partial charge in [0.05, 0.1) is 0 Å². The topological polar surface area (TPSA) is 57.9 Å². The molecule has 0 radical (unpaired) electrons. The average Bonchev–Trinajstić information content (AvgIpc) is 3.37. The number of allylic oxidation sites excluding steroid dienone is 1. The Kier molecular flexibility index (Phi) is 5.32. The number of hydrogen-bond acceptors (Lipinski definition) is 5. The molecule has 1 aliphatic heterocycles. The molecule has 0 N–H and O–H groups in total. The SMILES string of the molecule is Cc1cc(OCc2ccc(/C=C/C(=O)c3ccc4c(c3)OCO4)o2)cc(C)c1Cl. The molecule has 4 rings (SSSR count). The summed E-state index contributed by atoms with van der Waals surface area (Å²) >= 11 is 6.18. The third-order valence-corrected chi connectivity index (χ3v) is 5.13. The third-order valence-electron chi connectivity index (χ3n) is 4.53. The number of carbonyl (C=O) groups is 1. The van der Waals surface area contributed by atoms with Gasteiger partial charge in [0.1, 0.15) is 23.9 Å². The van der Waals surface area contributed by atoms with Gasteiger partial charge < -0.3 is 18.6 Å². The summed E-state index contributed by atoms with van der Waals surface area (Å²) in [6.07, 6.45) is 3.10. The van der Waals surface area contributed by atoms with Gasteiger partial charge in [-0.25, -0.2) is 0 Å². The molecule has 0 bridgehead atoms. The smallest absolute Gasteiger partial charge is 0.231 e. The van der Waals surface area contributed by atoms with Crippen LogP contribution in [-0.2, 0) is 6.61 Å². The molecule has 3 aromatic rings. The van der Waals surface area contributed by atoms with E-state index in [9.17, 15) is 4.79 Å². The second-order valence-electron chi connectivity index (χ2n) is 6.73. The Balaban J connectivity index is 1.38. The number of halogens is 1. The highest BCUT2D eigenvalue weighted by Crippen LogP contribution is 2.32. The highest BCUT2D eigenvalue weighted by molar-refractivity contribution is 6.32. The predicted octanol–water partition coefficient (Wildman–Crippen LogP) is 5.75. The molecular weight excluding hydrogens is 392 g/mol. The first-order chi connectivity index (χ1) is 14.0. The van der Waals surface area contributed by atoms with Crippen LogP contribution in [0, 0.1) is 13.8 Å². The van der Waals surface area contributed by atoms with E-state index in [0.29, 0.717) is 28.6 Å². The number of rotatable bonds is 6. The van der Waals surface area contributed by atoms with Crippen LogP contribution in [0.25, 0.3) is 6.08 Å². The van der Waals surface area contributed by atoms with Crippen LogP contribution in [0.2, 0.25) is 5.02 Å². The molecule has 29 heavy (non-hydrogen) atoms. The van der Waals surface area contributed by atoms with E-state index in [1.165, 1.54) is 6.08 Å². The Hall–Kier alpha value is -3.18. The summed E-state index contributed by atoms with van der Waals surface area (Å²) in [4.78, 5) is 12.4. The standard InChI is InChI=1S/C23H19ClO5/c1-14-9-19(10-15(2)23(14)24)26-12-18-5-4-17(29-18)6-7-20(25)16-3-8-21-22(11-16)28-13-27-21/h3-11H,12-13H2,1-2H3/b7-6+. The summed E-state index contributed by atoms with van der Waals surface area (Å²) in [7, 11) is 0. The van der Waals surface area contributed by atoms with Crippen molar-refractivity contribution in [2.45, 2.75) is 20.5 Å². The summed E-state index contributed by atoms with van der Waals surface area (Å²) in [5.74, 6) is 3.04. The maximum absolute atomic E-state index is 12.4. The van der Waals surface area contributed by atoms with Gasteiger partial charge in [0.15, 0.2) is 17.3 Å². The molecule has 0 amide bonds. The first kappa shape index (κ1) is 19.2. The van der Waals surface area contributed by atoms with Gasteiger partial charge in [0.25, 0.3) is 0 Å². The number of hydrogen-bond donors (Lipinski definition) is 0. The number of ketones is 1. The Morgan fingerprint density at radius 3 is 2.62 bits per heavy atom. The van der Waals surface area contributed by atoms with E-state index in [1.54, 1.807) is 30.3 Å². The van der Waals surface area contributed by atoms with Crippen LogP contribution in [0.5, 0.6) is 17.2 Å². The van der Waals surface area contributed by atoms with E-state index in [-0.39, 0.29) is 19.2 Å². The third kappa shape index (κ3) is 4.30. The van der Waals surface area contributed by atoms with Gasteiger partial charge in [-0.1, -0.05) is 11.6 Å². The van der Waals surface area contributed by atoms with Crippen molar-refractivity contribution in [2.24, 2.45) is 0 Å². The van der Waals surface area contributed by atoms with E-state index in [1.807, 2.05) is 32.0 Å². The summed E-state index contributed by atoms with van der Waals surface area (Å²) in [6.45, 7) is 4.34. The van der Waals surface area contributed by atoms with Crippen molar-refractivity contribution in [2.75, 3.05) is 6.79 Å². The average molecular weight is 411 g/mol. The molecule has 0 unspecified atom stereocenters. The van der Waals surface area contributed by atoms with Crippen molar-refractivity contribution in [1.82, 2.24) is 0 Å². The number of furan rings is 1. The minimum atomic E-state index is -0.149. The lowest BCUT2D eigenvalue weighted by Gasteiger charge is -2.08. The fourth-order valence-corrected chi connectivity index (χ4v) is 3.12. The minimum Gasteiger partial charge on any atom is -0.486 e. The van der Waals surface area contributed by atoms with Gasteiger partial charge in [0, 0.05) is 10.6 Å². The molecule has 6 heteroatoms. The van der Waals surface area contributed by atoms with Gasteiger partial charge in [-0.3, -0.25) is 4.79 Å². The molecule has 5 nitrogen and oxygen atoms in total. The lowest BCUT2D eigenvalue weighted by Crippen LogP contribution is -1.95. The van der Waals surface area contributed by atoms with Crippen molar-refractivity contribution in [3.8, 4) is 17.2 Å². The number of ether oxygens (including phenoxy) is 3. The maximum Gasteiger partial charge on any atom is 0.231 e. The first-order valence-electron chi connectivity index (χ1n) is 9.10. The number of carbonyl (C=O) groups excluding carboxylic acids is 1. The molecule has 0 aliphatic carbocycles. The van der Waals surface area contributed by atoms with Crippen LogP contribution in [0.4, 0.5) is 0 Å². The van der Waals surface area contributed by atoms with E-state index < -0.39 is 0 Å². The van der Waals surface area contributed by atoms with Gasteiger partial charge in [0.2, 0.25) is 6.79 Å². The molecule has 2 heterocycles. The summed E-state index contributed by atoms with van der Waals surface area (Å²) in [6, 6.07) is 12.5. The summed E-state index contributed by atoms with van der Waals surface area (Å²) < 4.78 is 22.1. The molecule has 1 aromatic heterocycles. The van der Waals surface area contributed by atoms with E-state index in [2.05, 4.69) is 0 Å². The molecule has 148 valence electrons. The molecule has 2 aromatic carbocycles. The highest BCUT2D eigenvalue weighted by atomic mass is 35.5. The van der Waals surface area contributed by atoms with Crippen LogP contribution in [-0.4, -0.2) is 12.6 Å². The number of fused-ring (bicyclic) bond motifs is 1. The highest BCUT2D eigenvalue weighted by Gasteiger charge is 2.15. The first-order valence-corrected chi connectivity index (χ1v) is 9.48. The second kappa shape index (κ2) is 8.05. The molecule has 0 fully saturated rings. The molecule has 1 aliphatic rings. The molecular formula is C23H19ClO5. The minimum absolute atomic E-state index is 0.149. The predicted molar refractivity (Wildman–Crippen MR) is 110 cm³/mol. The Morgan fingerprint density at radius 1 is 1.07 bits per heavy atom. The normalized spacial score (nSPS) is 12.5. The van der Waals surface area contributed by atoms with Crippen LogP contribution < -0.4 is 14.2 Å². The maximum atomic E-state index is 12.4. The zero-order valence-electron chi connectivity index (χ0n) is 16.0. The van der Waals surface area contributed by atoms with E-state index >= 15 is 0 Å². The molecule has 0 spiro atoms. The molecule has 0 saturated carbocycles. The van der Waals surface area contributed by atoms with E-state index in [4.69, 9.17) is 30.2 Å². The summed E-state index contributed by atoms with van der Waals surface area (Å²) in [5, 5.41) is 0.745. The lowest BCUT2D eigenvalue weighted by atomic mass is 10.1. The van der Waals surface area contributed by atoms with Crippen molar-refractivity contribution in [1.29, 1.82) is 0 Å². The fraction of sp³-hybridized carbons (Fsp3) is 0.174. The lowest BCUT2D eigenvalue weighted by molar-refractivity contribution is 0.104. The summed E-state index contributed by atoms with van der Waals surface area (Å²) in [5.41, 5.74) is 2.45. The van der Waals surface area contributed by atoms with Crippen molar-refractivity contribution >= 4 is 23.5 Å². The largest absolute Gasteiger partial charge is 0.486 e. The zero-order valence-corrected chi connectivity index (χ0v) is 16.8. The second-order valence-corrected chi connectivity index (χ2v) is 7.11. The van der Waals surface area contributed by atoms with Crippen molar-refractivity contribution in [3.63, 3.8) is 0 Å². The van der Waals surface area contributed by atoms with E-state index in [0.717, 1.165) is 21.9 Å². The van der Waals surface area contributed by atoms with Gasteiger partial charge in [-0.05, 0) is 79.6 Å². The van der Waals surface area contributed by atoms with Gasteiger partial charge in [-0.15, -0.1) is 0 Å². The van der Waals surface area contributed by atoms with Crippen molar-refractivity contribution in [3.05, 3.63) is 81.8 Å². The Labute approximate surface area is 173 Å². The van der Waals surface area contributed by atoms with Gasteiger partial charge >= 0.3 is 0 Å². The number of benzene rings is 2. The van der Waals surface area contributed by atoms with Crippen LogP contribution in [0.1, 0.15) is 33.0 Å². The van der Waals surface area contributed by atoms with Crippen molar-refractivity contribution < 1.29 is 23.4 Å². The zero-order chi connectivity index (χ0) is 20.4. The van der Waals surface area contributed by atoms with Crippen LogP contribution in [0.3, 0.4) is 0 Å². The van der Waals surface area contributed by atoms with Crippen LogP contribution in [0.15, 0.2) is 53.0 Å². The van der Waals surface area contributed by atoms with Crippen LogP contribution >= 0.6 is 11.6 Å². The number of aryl methyl sites for hydroxylation is 2. The monoisotopic (exact) mass is 410 g/mol. The fourth-order valence-electron chi connectivity index (χ4n) is 3.01. The Bertz CT molecular complexity index is 1070. The molecule has 0 atom stereocenters.